The fourth-order valence-electron chi connectivity index (χ4n) is 1.55. The van der Waals surface area contributed by atoms with Gasteiger partial charge in [0, 0.05) is 6.54 Å². The number of hydrogen-bond acceptors (Lipinski definition) is 3. The Morgan fingerprint density at radius 3 is 2.50 bits per heavy atom. The second kappa shape index (κ2) is 8.64. The molecule has 0 aliphatic carbocycles. The number of carbonyl (C=O) groups excluding carboxylic acids is 1. The molecule has 0 aliphatic heterocycles. The molecule has 0 aromatic heterocycles. The van der Waals surface area contributed by atoms with E-state index in [1.54, 1.807) is 6.92 Å². The largest absolute Gasteiger partial charge is 0.490 e. The van der Waals surface area contributed by atoms with Crippen LogP contribution in [-0.2, 0) is 11.3 Å². The van der Waals surface area contributed by atoms with Crippen molar-refractivity contribution in [3.63, 3.8) is 0 Å². The molecule has 3 N–H and O–H groups in total. The molecule has 4 nitrogen and oxygen atoms in total. The highest BCUT2D eigenvalue weighted by atomic mass is 79.9. The summed E-state index contributed by atoms with van der Waals surface area (Å²) >= 11 is 6.99. The first-order valence-electron chi connectivity index (χ1n) is 6.56. The zero-order valence-electron chi connectivity index (χ0n) is 11.7. The first kappa shape index (κ1) is 17.5. The molecule has 20 heavy (non-hydrogen) atoms. The maximum absolute atomic E-state index is 11.0. The van der Waals surface area contributed by atoms with Crippen LogP contribution >= 0.6 is 31.9 Å². The molecule has 0 bridgehead atoms. The van der Waals surface area contributed by atoms with E-state index in [1.807, 2.05) is 12.1 Å². The minimum Gasteiger partial charge on any atom is -0.490 e. The molecule has 0 aliphatic rings. The number of rotatable bonds is 8. The fourth-order valence-corrected chi connectivity index (χ4v) is 3.06. The van der Waals surface area contributed by atoms with Gasteiger partial charge in [-0.2, -0.15) is 0 Å². The Balaban J connectivity index is 2.71. The van der Waals surface area contributed by atoms with Crippen LogP contribution in [0.2, 0.25) is 0 Å². The van der Waals surface area contributed by atoms with Crippen molar-refractivity contribution in [3.05, 3.63) is 26.6 Å². The van der Waals surface area contributed by atoms with Gasteiger partial charge in [0.1, 0.15) is 5.75 Å². The Hall–Kier alpha value is -0.590. The van der Waals surface area contributed by atoms with Crippen LogP contribution < -0.4 is 15.8 Å². The summed E-state index contributed by atoms with van der Waals surface area (Å²) in [6, 6.07) is 4.02. The molecule has 0 heterocycles. The number of hydrogen-bond donors (Lipinski definition) is 2. The van der Waals surface area contributed by atoms with Crippen LogP contribution in [0.3, 0.4) is 0 Å². The summed E-state index contributed by atoms with van der Waals surface area (Å²) < 4.78 is 7.37. The van der Waals surface area contributed by atoms with Gasteiger partial charge in [-0.1, -0.05) is 13.8 Å². The number of halogens is 2. The van der Waals surface area contributed by atoms with E-state index in [2.05, 4.69) is 44.1 Å². The number of nitrogens with one attached hydrogen (secondary N) is 1. The summed E-state index contributed by atoms with van der Waals surface area (Å²) in [7, 11) is 0. The van der Waals surface area contributed by atoms with Gasteiger partial charge in [0.2, 0.25) is 5.91 Å². The van der Waals surface area contributed by atoms with Crippen LogP contribution in [0.4, 0.5) is 0 Å². The highest BCUT2D eigenvalue weighted by Gasteiger charge is 2.13. The Kier molecular flexibility index (Phi) is 7.55. The van der Waals surface area contributed by atoms with Crippen LogP contribution in [0.15, 0.2) is 21.1 Å². The number of amides is 1. The topological polar surface area (TPSA) is 64.3 Å². The van der Waals surface area contributed by atoms with Crippen LogP contribution in [0.1, 0.15) is 25.8 Å². The van der Waals surface area contributed by atoms with Crippen molar-refractivity contribution in [2.24, 2.45) is 11.7 Å². The summed E-state index contributed by atoms with van der Waals surface area (Å²) in [6.07, 6.45) is 1.11. The third-order valence-electron chi connectivity index (χ3n) is 2.78. The number of primary amides is 1. The molecule has 1 aromatic carbocycles. The third kappa shape index (κ3) is 5.42. The fraction of sp³-hybridized carbons (Fsp3) is 0.500. The van der Waals surface area contributed by atoms with Gasteiger partial charge in [0.15, 0.2) is 0 Å². The number of nitrogens with two attached hydrogens (primary N) is 1. The minimum atomic E-state index is -0.363. The van der Waals surface area contributed by atoms with E-state index < -0.39 is 0 Å². The SMILES string of the molecule is CCCNCc1cc(Br)c(OCC(C)C(N)=O)c(Br)c1. The molecule has 1 rings (SSSR count). The quantitative estimate of drug-likeness (QED) is 0.650. The van der Waals surface area contributed by atoms with Gasteiger partial charge < -0.3 is 15.8 Å². The van der Waals surface area contributed by atoms with Gasteiger partial charge in [-0.25, -0.2) is 0 Å². The molecule has 1 atom stereocenters. The van der Waals surface area contributed by atoms with E-state index in [4.69, 9.17) is 10.5 Å². The molecule has 112 valence electrons. The number of carbonyl (C=O) groups is 1. The lowest BCUT2D eigenvalue weighted by atomic mass is 10.2. The van der Waals surface area contributed by atoms with Crippen molar-refractivity contribution in [1.29, 1.82) is 0 Å². The van der Waals surface area contributed by atoms with Crippen molar-refractivity contribution in [2.45, 2.75) is 26.8 Å². The summed E-state index contributed by atoms with van der Waals surface area (Å²) in [6.45, 7) is 5.94. The van der Waals surface area contributed by atoms with Crippen molar-refractivity contribution in [3.8, 4) is 5.75 Å². The molecular weight excluding hydrogens is 388 g/mol. The average molecular weight is 408 g/mol. The standard InChI is InChI=1S/C14H20Br2N2O2/c1-3-4-18-7-10-5-11(15)13(12(16)6-10)20-8-9(2)14(17)19/h5-6,9,18H,3-4,7-8H2,1-2H3,(H2,17,19). The van der Waals surface area contributed by atoms with E-state index in [1.165, 1.54) is 0 Å². The van der Waals surface area contributed by atoms with E-state index in [9.17, 15) is 4.79 Å². The van der Waals surface area contributed by atoms with Crippen LogP contribution in [0.25, 0.3) is 0 Å². The first-order chi connectivity index (χ1) is 9.45. The van der Waals surface area contributed by atoms with Crippen LogP contribution in [-0.4, -0.2) is 19.1 Å². The van der Waals surface area contributed by atoms with Gasteiger partial charge in [-0.3, -0.25) is 4.79 Å². The summed E-state index contributed by atoms with van der Waals surface area (Å²) in [5, 5.41) is 3.35. The predicted octanol–water partition coefficient (Wildman–Crippen LogP) is 3.21. The van der Waals surface area contributed by atoms with E-state index in [0.717, 1.165) is 34.0 Å². The van der Waals surface area contributed by atoms with Crippen LogP contribution in [0, 0.1) is 5.92 Å². The van der Waals surface area contributed by atoms with Gasteiger partial charge in [-0.15, -0.1) is 0 Å². The highest BCUT2D eigenvalue weighted by molar-refractivity contribution is 9.11. The minimum absolute atomic E-state index is 0.264. The van der Waals surface area contributed by atoms with Gasteiger partial charge in [-0.05, 0) is 62.5 Å². The van der Waals surface area contributed by atoms with Gasteiger partial charge >= 0.3 is 0 Å². The normalized spacial score (nSPS) is 12.2. The van der Waals surface area contributed by atoms with Crippen LogP contribution in [0.5, 0.6) is 5.75 Å². The Morgan fingerprint density at radius 2 is 2.00 bits per heavy atom. The second-order valence-corrected chi connectivity index (χ2v) is 6.39. The summed E-state index contributed by atoms with van der Waals surface area (Å²) in [5.41, 5.74) is 6.38. The first-order valence-corrected chi connectivity index (χ1v) is 8.15. The molecule has 0 saturated heterocycles. The van der Waals surface area contributed by atoms with E-state index >= 15 is 0 Å². The smallest absolute Gasteiger partial charge is 0.223 e. The molecular formula is C14H20Br2N2O2. The van der Waals surface area contributed by atoms with Gasteiger partial charge in [0.25, 0.3) is 0 Å². The van der Waals surface area contributed by atoms with E-state index in [0.29, 0.717) is 5.75 Å². The Morgan fingerprint density at radius 1 is 1.40 bits per heavy atom. The molecule has 6 heteroatoms. The molecule has 1 unspecified atom stereocenters. The predicted molar refractivity (Wildman–Crippen MR) is 87.7 cm³/mol. The van der Waals surface area contributed by atoms with E-state index in [-0.39, 0.29) is 18.4 Å². The molecule has 0 spiro atoms. The molecule has 0 radical (unpaired) electrons. The highest BCUT2D eigenvalue weighted by Crippen LogP contribution is 2.35. The maximum atomic E-state index is 11.0. The summed E-state index contributed by atoms with van der Waals surface area (Å²) in [4.78, 5) is 11.0. The lowest BCUT2D eigenvalue weighted by Gasteiger charge is -2.14. The van der Waals surface area contributed by atoms with Crippen molar-refractivity contribution in [2.75, 3.05) is 13.2 Å². The van der Waals surface area contributed by atoms with Crippen molar-refractivity contribution < 1.29 is 9.53 Å². The second-order valence-electron chi connectivity index (χ2n) is 4.68. The monoisotopic (exact) mass is 406 g/mol. The molecule has 0 saturated carbocycles. The third-order valence-corrected chi connectivity index (χ3v) is 3.96. The number of ether oxygens (including phenoxy) is 1. The summed E-state index contributed by atoms with van der Waals surface area (Å²) in [5.74, 6) is 0.00895. The lowest BCUT2D eigenvalue weighted by Crippen LogP contribution is -2.25. The molecule has 1 aromatic rings. The Labute approximate surface area is 136 Å². The lowest BCUT2D eigenvalue weighted by molar-refractivity contribution is -0.122. The zero-order valence-corrected chi connectivity index (χ0v) is 14.9. The van der Waals surface area contributed by atoms with Crippen molar-refractivity contribution >= 4 is 37.8 Å². The molecule has 0 fully saturated rings. The maximum Gasteiger partial charge on any atom is 0.223 e. The van der Waals surface area contributed by atoms with Gasteiger partial charge in [0.05, 0.1) is 21.5 Å². The molecule has 1 amide bonds. The zero-order chi connectivity index (χ0) is 15.1. The average Bonchev–Trinajstić information content (AvgIpc) is 2.37. The number of benzene rings is 1. The van der Waals surface area contributed by atoms with Crippen molar-refractivity contribution in [1.82, 2.24) is 5.32 Å². The Bertz CT molecular complexity index is 443.